The summed E-state index contributed by atoms with van der Waals surface area (Å²) in [5, 5.41) is 0. The van der Waals surface area contributed by atoms with Crippen LogP contribution in [0.1, 0.15) is 40.0 Å². The van der Waals surface area contributed by atoms with Crippen LogP contribution in [0.3, 0.4) is 0 Å². The highest BCUT2D eigenvalue weighted by atomic mass is 32.1. The number of hydrogen-bond donors (Lipinski definition) is 1. The lowest BCUT2D eigenvalue weighted by atomic mass is 10.2. The molecule has 0 saturated heterocycles. The van der Waals surface area contributed by atoms with Crippen molar-refractivity contribution >= 4 is 12.6 Å². The van der Waals surface area contributed by atoms with Crippen LogP contribution in [0, 0.1) is 0 Å². The van der Waals surface area contributed by atoms with Crippen molar-refractivity contribution in [2.75, 3.05) is 18.8 Å². The zero-order valence-electron chi connectivity index (χ0n) is 9.87. The first-order valence-corrected chi connectivity index (χ1v) is 6.35. The summed E-state index contributed by atoms with van der Waals surface area (Å²) in [6, 6.07) is 0.649. The van der Waals surface area contributed by atoms with Crippen LogP contribution in [0.2, 0.25) is 0 Å². The summed E-state index contributed by atoms with van der Waals surface area (Å²) in [6.45, 7) is 9.08. The van der Waals surface area contributed by atoms with Crippen molar-refractivity contribution < 1.29 is 0 Å². The quantitative estimate of drug-likeness (QED) is 0.369. The fourth-order valence-corrected chi connectivity index (χ4v) is 1.56. The van der Waals surface area contributed by atoms with Gasteiger partial charge in [0.15, 0.2) is 0 Å². The van der Waals surface area contributed by atoms with Gasteiger partial charge in [-0.2, -0.15) is 12.6 Å². The van der Waals surface area contributed by atoms with Crippen LogP contribution >= 0.6 is 12.6 Å². The molecular weight excluding hydrogens is 190 g/mol. The van der Waals surface area contributed by atoms with Crippen LogP contribution in [0.5, 0.6) is 0 Å². The molecule has 0 radical (unpaired) electrons. The number of unbranched alkanes of at least 4 members (excludes halogenated alkanes) is 2. The first-order chi connectivity index (χ1) is 6.72. The topological polar surface area (TPSA) is 3.24 Å². The fourth-order valence-electron chi connectivity index (χ4n) is 1.41. The van der Waals surface area contributed by atoms with E-state index in [1.807, 2.05) is 0 Å². The van der Waals surface area contributed by atoms with Crippen molar-refractivity contribution in [3.63, 3.8) is 0 Å². The van der Waals surface area contributed by atoms with E-state index in [1.54, 1.807) is 0 Å². The van der Waals surface area contributed by atoms with Gasteiger partial charge in [-0.25, -0.2) is 0 Å². The van der Waals surface area contributed by atoms with Gasteiger partial charge in [0, 0.05) is 18.3 Å². The van der Waals surface area contributed by atoms with Gasteiger partial charge in [-0.3, -0.25) is 4.90 Å². The van der Waals surface area contributed by atoms with Gasteiger partial charge in [-0.05, 0) is 26.8 Å². The minimum atomic E-state index is 0.649. The molecule has 0 aromatic carbocycles. The van der Waals surface area contributed by atoms with Gasteiger partial charge in [0.25, 0.3) is 0 Å². The molecule has 2 heteroatoms. The third-order valence-corrected chi connectivity index (χ3v) is 2.60. The molecule has 0 aromatic rings. The second kappa shape index (κ2) is 9.60. The second-order valence-electron chi connectivity index (χ2n) is 3.95. The molecule has 0 unspecified atom stereocenters. The van der Waals surface area contributed by atoms with Crippen molar-refractivity contribution in [3.05, 3.63) is 12.2 Å². The highest BCUT2D eigenvalue weighted by Gasteiger charge is 2.05. The van der Waals surface area contributed by atoms with Crippen LogP contribution in [-0.4, -0.2) is 29.8 Å². The lowest BCUT2D eigenvalue weighted by Crippen LogP contribution is -2.32. The molecule has 1 nitrogen and oxygen atoms in total. The molecule has 0 N–H and O–H groups in total. The third-order valence-electron chi connectivity index (χ3n) is 2.39. The molecule has 0 amide bonds. The van der Waals surface area contributed by atoms with E-state index >= 15 is 0 Å². The molecule has 0 saturated carbocycles. The SMILES string of the molecule is CCCCCN(CC=CCS)C(C)C. The van der Waals surface area contributed by atoms with Gasteiger partial charge in [0.2, 0.25) is 0 Å². The van der Waals surface area contributed by atoms with Gasteiger partial charge in [0.05, 0.1) is 0 Å². The zero-order chi connectivity index (χ0) is 10.8. The highest BCUT2D eigenvalue weighted by Crippen LogP contribution is 2.03. The van der Waals surface area contributed by atoms with Crippen molar-refractivity contribution in [3.8, 4) is 0 Å². The van der Waals surface area contributed by atoms with Gasteiger partial charge in [-0.1, -0.05) is 31.9 Å². The first kappa shape index (κ1) is 14.1. The molecule has 0 bridgehead atoms. The molecule has 0 rings (SSSR count). The molecule has 14 heavy (non-hydrogen) atoms. The number of rotatable bonds is 8. The van der Waals surface area contributed by atoms with E-state index in [1.165, 1.54) is 25.8 Å². The van der Waals surface area contributed by atoms with Crippen LogP contribution in [-0.2, 0) is 0 Å². The zero-order valence-corrected chi connectivity index (χ0v) is 10.8. The summed E-state index contributed by atoms with van der Waals surface area (Å²) >= 11 is 4.16. The van der Waals surface area contributed by atoms with E-state index in [4.69, 9.17) is 0 Å². The molecule has 0 spiro atoms. The van der Waals surface area contributed by atoms with E-state index in [2.05, 4.69) is 50.5 Å². The van der Waals surface area contributed by atoms with E-state index in [9.17, 15) is 0 Å². The Kier molecular flexibility index (Phi) is 9.63. The average Bonchev–Trinajstić information content (AvgIpc) is 2.15. The number of hydrogen-bond acceptors (Lipinski definition) is 2. The molecule has 0 atom stereocenters. The normalized spacial score (nSPS) is 12.1. The summed E-state index contributed by atoms with van der Waals surface area (Å²) < 4.78 is 0. The predicted molar refractivity (Wildman–Crippen MR) is 69.2 cm³/mol. The van der Waals surface area contributed by atoms with Crippen molar-refractivity contribution in [2.45, 2.75) is 46.1 Å². The van der Waals surface area contributed by atoms with E-state index in [0.29, 0.717) is 6.04 Å². The summed E-state index contributed by atoms with van der Waals surface area (Å²) in [5.41, 5.74) is 0. The van der Waals surface area contributed by atoms with E-state index in [0.717, 1.165) is 12.3 Å². The monoisotopic (exact) mass is 215 g/mol. The maximum Gasteiger partial charge on any atom is 0.0166 e. The molecule has 0 heterocycles. The van der Waals surface area contributed by atoms with Crippen molar-refractivity contribution in [1.82, 2.24) is 4.90 Å². The lowest BCUT2D eigenvalue weighted by Gasteiger charge is -2.24. The maximum atomic E-state index is 4.16. The summed E-state index contributed by atoms with van der Waals surface area (Å²) in [4.78, 5) is 2.51. The van der Waals surface area contributed by atoms with Crippen LogP contribution in [0.15, 0.2) is 12.2 Å². The Bertz CT molecular complexity index is 143. The summed E-state index contributed by atoms with van der Waals surface area (Å²) in [7, 11) is 0. The van der Waals surface area contributed by atoms with Gasteiger partial charge >= 0.3 is 0 Å². The lowest BCUT2D eigenvalue weighted by molar-refractivity contribution is 0.241. The van der Waals surface area contributed by atoms with Crippen molar-refractivity contribution in [1.29, 1.82) is 0 Å². The number of nitrogens with zero attached hydrogens (tertiary/aromatic N) is 1. The van der Waals surface area contributed by atoms with Gasteiger partial charge < -0.3 is 0 Å². The minimum absolute atomic E-state index is 0.649. The molecule has 0 aliphatic heterocycles. The van der Waals surface area contributed by atoms with Gasteiger partial charge in [0.1, 0.15) is 0 Å². The Morgan fingerprint density at radius 1 is 1.21 bits per heavy atom. The van der Waals surface area contributed by atoms with Gasteiger partial charge in [-0.15, -0.1) is 0 Å². The average molecular weight is 215 g/mol. The fraction of sp³-hybridized carbons (Fsp3) is 0.833. The van der Waals surface area contributed by atoms with Crippen LogP contribution in [0.25, 0.3) is 0 Å². The van der Waals surface area contributed by atoms with E-state index in [-0.39, 0.29) is 0 Å². The third kappa shape index (κ3) is 7.45. The standard InChI is InChI=1S/C12H25NS/c1-4-5-6-9-13(12(2)3)10-7-8-11-14/h7-8,12,14H,4-6,9-11H2,1-3H3. The summed E-state index contributed by atoms with van der Waals surface area (Å²) in [5.74, 6) is 0.848. The van der Waals surface area contributed by atoms with Crippen molar-refractivity contribution in [2.24, 2.45) is 0 Å². The molecular formula is C12H25NS. The maximum absolute atomic E-state index is 4.16. The molecule has 0 aliphatic rings. The van der Waals surface area contributed by atoms with Crippen LogP contribution < -0.4 is 0 Å². The second-order valence-corrected chi connectivity index (χ2v) is 4.31. The Balaban J connectivity index is 3.72. The Hall–Kier alpha value is 0.0500. The molecule has 84 valence electrons. The van der Waals surface area contributed by atoms with E-state index < -0.39 is 0 Å². The number of thiol groups is 1. The largest absolute Gasteiger partial charge is 0.297 e. The summed E-state index contributed by atoms with van der Waals surface area (Å²) in [6.07, 6.45) is 8.32. The Labute approximate surface area is 95.0 Å². The Morgan fingerprint density at radius 3 is 2.43 bits per heavy atom. The molecule has 0 aliphatic carbocycles. The predicted octanol–water partition coefficient (Wildman–Crippen LogP) is 3.37. The smallest absolute Gasteiger partial charge is 0.0166 e. The Morgan fingerprint density at radius 2 is 1.93 bits per heavy atom. The highest BCUT2D eigenvalue weighted by molar-refractivity contribution is 7.80. The minimum Gasteiger partial charge on any atom is -0.297 e. The first-order valence-electron chi connectivity index (χ1n) is 5.72. The molecule has 0 fully saturated rings. The molecule has 0 aromatic heterocycles. The van der Waals surface area contributed by atoms with Crippen LogP contribution in [0.4, 0.5) is 0 Å².